The molecular weight excluding hydrogens is 506 g/mol. The molecular formula is C30H39N7O3. The summed E-state index contributed by atoms with van der Waals surface area (Å²) < 4.78 is 9.21. The molecule has 1 saturated heterocycles. The number of benzene rings is 1. The van der Waals surface area contributed by atoms with Crippen LogP contribution in [0.5, 0.6) is 0 Å². The second kappa shape index (κ2) is 9.38. The van der Waals surface area contributed by atoms with Gasteiger partial charge in [-0.1, -0.05) is 24.3 Å². The minimum absolute atomic E-state index is 0.0167. The van der Waals surface area contributed by atoms with Crippen LogP contribution in [-0.4, -0.2) is 55.2 Å². The summed E-state index contributed by atoms with van der Waals surface area (Å²) >= 11 is 0. The molecule has 3 aliphatic rings. The van der Waals surface area contributed by atoms with Gasteiger partial charge in [0.25, 0.3) is 5.91 Å². The Kier molecular flexibility index (Phi) is 6.19. The van der Waals surface area contributed by atoms with Crippen LogP contribution >= 0.6 is 0 Å². The topological polar surface area (TPSA) is 134 Å². The maximum Gasteiger partial charge on any atom is 0.410 e. The highest BCUT2D eigenvalue weighted by Gasteiger charge is 2.51. The van der Waals surface area contributed by atoms with Crippen LogP contribution in [0.3, 0.4) is 0 Å². The molecule has 3 heterocycles. The summed E-state index contributed by atoms with van der Waals surface area (Å²) in [4.78, 5) is 26.9. The van der Waals surface area contributed by atoms with Crippen molar-refractivity contribution in [3.05, 3.63) is 52.8 Å². The van der Waals surface area contributed by atoms with E-state index < -0.39 is 11.5 Å². The molecule has 40 heavy (non-hydrogen) atoms. The monoisotopic (exact) mass is 545 g/mol. The van der Waals surface area contributed by atoms with E-state index in [1.807, 2.05) is 38.6 Å². The lowest BCUT2D eigenvalue weighted by atomic mass is 9.65. The van der Waals surface area contributed by atoms with Crippen LogP contribution in [-0.2, 0) is 11.3 Å². The second-order valence-electron chi connectivity index (χ2n) is 13.0. The Morgan fingerprint density at radius 3 is 2.60 bits per heavy atom. The van der Waals surface area contributed by atoms with E-state index >= 15 is 0 Å². The molecule has 3 aromatic rings. The number of aromatic nitrogens is 4. The summed E-state index contributed by atoms with van der Waals surface area (Å²) in [6, 6.07) is 8.71. The lowest BCUT2D eigenvalue weighted by Gasteiger charge is -2.45. The van der Waals surface area contributed by atoms with Crippen LogP contribution in [0.25, 0.3) is 11.3 Å². The molecule has 2 aromatic heterocycles. The van der Waals surface area contributed by atoms with Gasteiger partial charge < -0.3 is 21.1 Å². The summed E-state index contributed by atoms with van der Waals surface area (Å²) in [7, 11) is 0. The summed E-state index contributed by atoms with van der Waals surface area (Å²) in [6.07, 6.45) is 6.74. The standard InChI is InChI=1S/C30H39N7O3/c1-18-23(16-36(33-18)15-19-6-5-7-21(12-19)20-8-9-20)25-24(27(32)38)26(31)37(34-25)22-13-30(14-22)10-11-35(17-30)28(39)40-29(2,3)4/h5-7,12,16,20,22H,8-11,13-15,17,31H2,1-4H3,(H2,32,38)/t22-,30-. The van der Waals surface area contributed by atoms with Gasteiger partial charge in [-0.05, 0) is 82.3 Å². The molecule has 1 spiro atoms. The molecule has 3 fully saturated rings. The van der Waals surface area contributed by atoms with Crippen molar-refractivity contribution in [3.63, 3.8) is 0 Å². The average molecular weight is 546 g/mol. The van der Waals surface area contributed by atoms with E-state index in [1.165, 1.54) is 24.0 Å². The van der Waals surface area contributed by atoms with Gasteiger partial charge in [0.05, 0.1) is 18.3 Å². The quantitative estimate of drug-likeness (QED) is 0.464. The predicted octanol–water partition coefficient (Wildman–Crippen LogP) is 4.62. The minimum atomic E-state index is -0.603. The molecule has 212 valence electrons. The van der Waals surface area contributed by atoms with E-state index in [2.05, 4.69) is 24.3 Å². The van der Waals surface area contributed by atoms with Crippen molar-refractivity contribution in [3.8, 4) is 11.3 Å². The Bertz CT molecular complexity index is 1470. The van der Waals surface area contributed by atoms with Gasteiger partial charge >= 0.3 is 6.09 Å². The minimum Gasteiger partial charge on any atom is -0.444 e. The number of nitrogens with two attached hydrogens (primary N) is 2. The number of aryl methyl sites for hydroxylation is 1. The van der Waals surface area contributed by atoms with Crippen LogP contribution in [0.1, 0.15) is 92.0 Å². The number of nitrogen functional groups attached to an aromatic ring is 1. The van der Waals surface area contributed by atoms with Gasteiger partial charge in [-0.2, -0.15) is 10.2 Å². The fourth-order valence-electron chi connectivity index (χ4n) is 6.40. The molecule has 2 amide bonds. The van der Waals surface area contributed by atoms with Crippen LogP contribution in [0, 0.1) is 12.3 Å². The van der Waals surface area contributed by atoms with E-state index in [0.29, 0.717) is 31.2 Å². The van der Waals surface area contributed by atoms with Gasteiger partial charge in [0.2, 0.25) is 0 Å². The smallest absolute Gasteiger partial charge is 0.410 e. The predicted molar refractivity (Wildman–Crippen MR) is 152 cm³/mol. The van der Waals surface area contributed by atoms with Crippen LogP contribution in [0.15, 0.2) is 30.5 Å². The Labute approximate surface area is 234 Å². The van der Waals surface area contributed by atoms with E-state index in [0.717, 1.165) is 30.5 Å². The molecule has 0 unspecified atom stereocenters. The number of rotatable bonds is 6. The van der Waals surface area contributed by atoms with Gasteiger partial charge in [0.15, 0.2) is 0 Å². The van der Waals surface area contributed by atoms with Gasteiger partial charge in [0.1, 0.15) is 22.7 Å². The third-order valence-electron chi connectivity index (χ3n) is 8.51. The summed E-state index contributed by atoms with van der Waals surface area (Å²) in [5.74, 6) is 0.373. The first kappa shape index (κ1) is 26.4. The maximum absolute atomic E-state index is 12.6. The molecule has 6 rings (SSSR count). The SMILES string of the molecule is Cc1nn(Cc2cccc(C3CC3)c2)cc1-c1nn([C@H]2C[C@@]3(CCN(C(=O)OC(C)(C)C)C3)C2)c(N)c1C(N)=O. The highest BCUT2D eigenvalue weighted by atomic mass is 16.6. The second-order valence-corrected chi connectivity index (χ2v) is 13.0. The van der Waals surface area contributed by atoms with Gasteiger partial charge in [-0.15, -0.1) is 0 Å². The number of carbonyl (C=O) groups is 2. The maximum atomic E-state index is 12.6. The normalized spacial score (nSPS) is 22.5. The van der Waals surface area contributed by atoms with Crippen molar-refractivity contribution in [2.45, 2.75) is 83.9 Å². The first-order valence-corrected chi connectivity index (χ1v) is 14.2. The number of nitrogens with zero attached hydrogens (tertiary/aromatic N) is 5. The average Bonchev–Trinajstić information content (AvgIpc) is 3.36. The van der Waals surface area contributed by atoms with E-state index in [-0.39, 0.29) is 28.9 Å². The number of hydrogen-bond acceptors (Lipinski definition) is 6. The fraction of sp³-hybridized carbons (Fsp3) is 0.533. The number of ether oxygens (including phenoxy) is 1. The molecule has 4 N–H and O–H groups in total. The van der Waals surface area contributed by atoms with E-state index in [4.69, 9.17) is 26.4 Å². The molecule has 1 aliphatic heterocycles. The third kappa shape index (κ3) is 4.95. The molecule has 2 aliphatic carbocycles. The zero-order valence-corrected chi connectivity index (χ0v) is 23.8. The van der Waals surface area contributed by atoms with Gasteiger partial charge in [-0.3, -0.25) is 9.48 Å². The largest absolute Gasteiger partial charge is 0.444 e. The number of amides is 2. The lowest BCUT2D eigenvalue weighted by Crippen LogP contribution is -2.43. The number of likely N-dealkylation sites (tertiary alicyclic amines) is 1. The molecule has 10 nitrogen and oxygen atoms in total. The number of hydrogen-bond donors (Lipinski definition) is 2. The van der Waals surface area contributed by atoms with Crippen molar-refractivity contribution >= 4 is 17.8 Å². The summed E-state index contributed by atoms with van der Waals surface area (Å²) in [5.41, 5.74) is 16.6. The van der Waals surface area contributed by atoms with Crippen molar-refractivity contribution < 1.29 is 14.3 Å². The highest BCUT2D eigenvalue weighted by molar-refractivity contribution is 6.03. The molecule has 0 bridgehead atoms. The number of carbonyl (C=O) groups excluding carboxylic acids is 2. The van der Waals surface area contributed by atoms with Crippen molar-refractivity contribution in [1.29, 1.82) is 0 Å². The zero-order valence-electron chi connectivity index (χ0n) is 23.8. The molecule has 0 radical (unpaired) electrons. The zero-order chi connectivity index (χ0) is 28.4. The van der Waals surface area contributed by atoms with Crippen LogP contribution in [0.2, 0.25) is 0 Å². The van der Waals surface area contributed by atoms with Crippen molar-refractivity contribution in [2.24, 2.45) is 11.1 Å². The summed E-state index contributed by atoms with van der Waals surface area (Å²) in [5, 5.41) is 9.56. The Morgan fingerprint density at radius 2 is 1.93 bits per heavy atom. The highest BCUT2D eigenvalue weighted by Crippen LogP contribution is 2.55. The first-order valence-electron chi connectivity index (χ1n) is 14.2. The van der Waals surface area contributed by atoms with Crippen LogP contribution < -0.4 is 11.5 Å². The molecule has 10 heteroatoms. The number of anilines is 1. The Morgan fingerprint density at radius 1 is 1.18 bits per heavy atom. The molecule has 2 saturated carbocycles. The van der Waals surface area contributed by atoms with Crippen LogP contribution in [0.4, 0.5) is 10.6 Å². The third-order valence-corrected chi connectivity index (χ3v) is 8.51. The van der Waals surface area contributed by atoms with Crippen molar-refractivity contribution in [2.75, 3.05) is 18.8 Å². The van der Waals surface area contributed by atoms with Gasteiger partial charge in [-0.25, -0.2) is 9.48 Å². The molecule has 1 aromatic carbocycles. The number of primary amides is 1. The fourth-order valence-corrected chi connectivity index (χ4v) is 6.40. The van der Waals surface area contributed by atoms with Gasteiger partial charge in [0, 0.05) is 24.8 Å². The first-order chi connectivity index (χ1) is 18.9. The summed E-state index contributed by atoms with van der Waals surface area (Å²) in [6.45, 7) is 9.50. The Hall–Kier alpha value is -3.82. The van der Waals surface area contributed by atoms with E-state index in [9.17, 15) is 9.59 Å². The molecule has 0 atom stereocenters. The lowest BCUT2D eigenvalue weighted by molar-refractivity contribution is 0.0187. The van der Waals surface area contributed by atoms with E-state index in [1.54, 1.807) is 9.58 Å². The van der Waals surface area contributed by atoms with Crippen molar-refractivity contribution in [1.82, 2.24) is 24.5 Å². The Balaban J connectivity index is 1.20.